The predicted octanol–water partition coefficient (Wildman–Crippen LogP) is 3.92. The van der Waals surface area contributed by atoms with Gasteiger partial charge in [-0.2, -0.15) is 0 Å². The summed E-state index contributed by atoms with van der Waals surface area (Å²) >= 11 is 4.60. The van der Waals surface area contributed by atoms with Crippen LogP contribution in [0.15, 0.2) is 22.7 Å². The van der Waals surface area contributed by atoms with Gasteiger partial charge in [0.2, 0.25) is 0 Å². The smallest absolute Gasteiger partial charge is 0.262 e. The van der Waals surface area contributed by atoms with Crippen LogP contribution < -0.4 is 15.4 Å². The van der Waals surface area contributed by atoms with Crippen molar-refractivity contribution in [2.24, 2.45) is 0 Å². The third-order valence-electron chi connectivity index (χ3n) is 4.50. The Labute approximate surface area is 180 Å². The molecule has 1 aromatic heterocycles. The van der Waals surface area contributed by atoms with Gasteiger partial charge in [0.05, 0.1) is 12.2 Å². The Morgan fingerprint density at radius 2 is 2.07 bits per heavy atom. The van der Waals surface area contributed by atoms with Crippen molar-refractivity contribution < 1.29 is 23.5 Å². The lowest BCUT2D eigenvalue weighted by Crippen LogP contribution is -2.29. The molecule has 2 amide bonds. The summed E-state index contributed by atoms with van der Waals surface area (Å²) in [6, 6.07) is 4.35. The van der Waals surface area contributed by atoms with E-state index in [0.717, 1.165) is 36.1 Å². The highest BCUT2D eigenvalue weighted by atomic mass is 79.9. The number of thiophene rings is 1. The number of fused-ring (bicyclic) bond motifs is 1. The van der Waals surface area contributed by atoms with E-state index in [1.807, 2.05) is 0 Å². The third-order valence-corrected chi connectivity index (χ3v) is 6.20. The minimum Gasteiger partial charge on any atom is -0.481 e. The van der Waals surface area contributed by atoms with Crippen LogP contribution in [0.4, 0.5) is 9.39 Å². The minimum absolute atomic E-state index is 0.00800. The number of carbonyl (C=O) groups is 2. The Kier molecular flexibility index (Phi) is 7.63. The molecular weight excluding hydrogens is 463 g/mol. The number of ether oxygens (including phenoxy) is 2. The van der Waals surface area contributed by atoms with Gasteiger partial charge in [-0.1, -0.05) is 15.9 Å². The average Bonchev–Trinajstić information content (AvgIpc) is 3.05. The van der Waals surface area contributed by atoms with E-state index in [9.17, 15) is 14.0 Å². The van der Waals surface area contributed by atoms with Crippen molar-refractivity contribution in [2.45, 2.75) is 25.7 Å². The zero-order valence-corrected chi connectivity index (χ0v) is 18.4. The van der Waals surface area contributed by atoms with Gasteiger partial charge in [-0.25, -0.2) is 4.39 Å². The molecular formula is C20H22BrFN2O4S. The Hall–Kier alpha value is -1.97. The van der Waals surface area contributed by atoms with Crippen molar-refractivity contribution in [3.63, 3.8) is 0 Å². The van der Waals surface area contributed by atoms with Crippen LogP contribution in [0.5, 0.6) is 5.75 Å². The number of hydrogen-bond acceptors (Lipinski definition) is 5. The normalized spacial score (nSPS) is 12.9. The predicted molar refractivity (Wildman–Crippen MR) is 113 cm³/mol. The Morgan fingerprint density at radius 1 is 1.28 bits per heavy atom. The van der Waals surface area contributed by atoms with Crippen LogP contribution in [0.1, 0.15) is 33.6 Å². The fourth-order valence-corrected chi connectivity index (χ4v) is 4.78. The highest BCUT2D eigenvalue weighted by Gasteiger charge is 2.26. The summed E-state index contributed by atoms with van der Waals surface area (Å²) in [4.78, 5) is 26.2. The van der Waals surface area contributed by atoms with E-state index in [1.54, 1.807) is 13.2 Å². The van der Waals surface area contributed by atoms with Gasteiger partial charge >= 0.3 is 0 Å². The fraction of sp³-hybridized carbons (Fsp3) is 0.400. The number of rotatable bonds is 8. The summed E-state index contributed by atoms with van der Waals surface area (Å²) < 4.78 is 24.7. The summed E-state index contributed by atoms with van der Waals surface area (Å²) in [6.07, 6.45) is 3.79. The molecule has 1 aliphatic rings. The van der Waals surface area contributed by atoms with E-state index < -0.39 is 11.7 Å². The number of halogens is 2. The van der Waals surface area contributed by atoms with Gasteiger partial charge in [0, 0.05) is 23.0 Å². The van der Waals surface area contributed by atoms with E-state index in [-0.39, 0.29) is 18.3 Å². The number of methoxy groups -OCH3 is 1. The van der Waals surface area contributed by atoms with Gasteiger partial charge < -0.3 is 20.1 Å². The average molecular weight is 485 g/mol. The summed E-state index contributed by atoms with van der Waals surface area (Å²) in [7, 11) is 1.57. The molecule has 0 saturated carbocycles. The lowest BCUT2D eigenvalue weighted by atomic mass is 9.95. The molecule has 1 aliphatic carbocycles. The van der Waals surface area contributed by atoms with Crippen LogP contribution in [-0.2, 0) is 22.4 Å². The van der Waals surface area contributed by atoms with E-state index in [2.05, 4.69) is 26.6 Å². The number of amides is 2. The van der Waals surface area contributed by atoms with Gasteiger partial charge in [-0.05, 0) is 49.4 Å². The minimum atomic E-state index is -0.558. The molecule has 2 N–H and O–H groups in total. The number of hydrogen-bond donors (Lipinski definition) is 2. The Bertz CT molecular complexity index is 903. The molecule has 0 saturated heterocycles. The van der Waals surface area contributed by atoms with Gasteiger partial charge in [0.1, 0.15) is 5.00 Å². The molecule has 2 aromatic rings. The second-order valence-corrected chi connectivity index (χ2v) is 8.60. The molecule has 0 unspecified atom stereocenters. The molecule has 0 bridgehead atoms. The molecule has 1 aromatic carbocycles. The first-order chi connectivity index (χ1) is 14.0. The van der Waals surface area contributed by atoms with E-state index >= 15 is 0 Å². The lowest BCUT2D eigenvalue weighted by Gasteiger charge is -2.13. The first kappa shape index (κ1) is 21.7. The first-order valence-electron chi connectivity index (χ1n) is 9.29. The molecule has 9 heteroatoms. The van der Waals surface area contributed by atoms with E-state index in [4.69, 9.17) is 9.47 Å². The van der Waals surface area contributed by atoms with Gasteiger partial charge in [-0.15, -0.1) is 11.3 Å². The van der Waals surface area contributed by atoms with Crippen molar-refractivity contribution in [1.82, 2.24) is 5.32 Å². The summed E-state index contributed by atoms with van der Waals surface area (Å²) in [5.74, 6) is -1.24. The SMILES string of the molecule is COCCNC(=O)c1c(NC(=O)COc2ccc(Br)cc2F)sc2c1CCCC2. The molecule has 0 fully saturated rings. The van der Waals surface area contributed by atoms with Crippen molar-refractivity contribution in [2.75, 3.05) is 32.2 Å². The molecule has 0 aliphatic heterocycles. The molecule has 6 nitrogen and oxygen atoms in total. The maximum absolute atomic E-state index is 13.9. The molecule has 3 rings (SSSR count). The molecule has 0 atom stereocenters. The summed E-state index contributed by atoms with van der Waals surface area (Å²) in [5, 5.41) is 6.11. The maximum Gasteiger partial charge on any atom is 0.262 e. The molecule has 0 radical (unpaired) electrons. The third kappa shape index (κ3) is 5.55. The number of anilines is 1. The zero-order chi connectivity index (χ0) is 20.8. The summed E-state index contributed by atoms with van der Waals surface area (Å²) in [5.41, 5.74) is 1.52. The van der Waals surface area contributed by atoms with Crippen LogP contribution >= 0.6 is 27.3 Å². The summed E-state index contributed by atoms with van der Waals surface area (Å²) in [6.45, 7) is 0.442. The van der Waals surface area contributed by atoms with Crippen LogP contribution in [0, 0.1) is 5.82 Å². The number of aryl methyl sites for hydroxylation is 1. The van der Waals surface area contributed by atoms with Gasteiger partial charge in [0.25, 0.3) is 11.8 Å². The van der Waals surface area contributed by atoms with Crippen LogP contribution in [0.3, 0.4) is 0 Å². The molecule has 0 spiro atoms. The second-order valence-electron chi connectivity index (χ2n) is 6.58. The quantitative estimate of drug-likeness (QED) is 0.556. The second kappa shape index (κ2) is 10.2. The van der Waals surface area contributed by atoms with Crippen LogP contribution in [0.2, 0.25) is 0 Å². The molecule has 156 valence electrons. The van der Waals surface area contributed by atoms with Crippen molar-refractivity contribution in [1.29, 1.82) is 0 Å². The van der Waals surface area contributed by atoms with Crippen molar-refractivity contribution in [3.8, 4) is 5.75 Å². The monoisotopic (exact) mass is 484 g/mol. The lowest BCUT2D eigenvalue weighted by molar-refractivity contribution is -0.118. The fourth-order valence-electron chi connectivity index (χ4n) is 3.15. The van der Waals surface area contributed by atoms with Crippen LogP contribution in [-0.4, -0.2) is 38.7 Å². The first-order valence-corrected chi connectivity index (χ1v) is 10.9. The van der Waals surface area contributed by atoms with Gasteiger partial charge in [-0.3, -0.25) is 9.59 Å². The van der Waals surface area contributed by atoms with Crippen molar-refractivity contribution >= 4 is 44.1 Å². The Morgan fingerprint density at radius 3 is 2.83 bits per heavy atom. The van der Waals surface area contributed by atoms with E-state index in [1.165, 1.54) is 23.5 Å². The standard InChI is InChI=1S/C20H22BrFN2O4S/c1-27-9-8-23-19(26)18-13-4-2-3-5-16(13)29-20(18)24-17(25)11-28-15-7-6-12(21)10-14(15)22/h6-7,10H,2-5,8-9,11H2,1H3,(H,23,26)(H,24,25). The van der Waals surface area contributed by atoms with Gasteiger partial charge in [0.15, 0.2) is 18.2 Å². The van der Waals surface area contributed by atoms with E-state index in [0.29, 0.717) is 28.2 Å². The molecule has 1 heterocycles. The maximum atomic E-state index is 13.9. The highest BCUT2D eigenvalue weighted by molar-refractivity contribution is 9.10. The molecule has 29 heavy (non-hydrogen) atoms. The number of carbonyl (C=O) groups excluding carboxylic acids is 2. The van der Waals surface area contributed by atoms with Crippen molar-refractivity contribution in [3.05, 3.63) is 44.5 Å². The Balaban J connectivity index is 1.71. The topological polar surface area (TPSA) is 76.7 Å². The van der Waals surface area contributed by atoms with Crippen LogP contribution in [0.25, 0.3) is 0 Å². The number of benzene rings is 1. The number of nitrogens with one attached hydrogen (secondary N) is 2. The highest BCUT2D eigenvalue weighted by Crippen LogP contribution is 2.38. The largest absolute Gasteiger partial charge is 0.481 e. The zero-order valence-electron chi connectivity index (χ0n) is 16.0.